The van der Waals surface area contributed by atoms with Gasteiger partial charge in [-0.15, -0.1) is 5.10 Å². The summed E-state index contributed by atoms with van der Waals surface area (Å²) >= 11 is 0. The maximum Gasteiger partial charge on any atom is 0.252 e. The number of pyridine rings is 1. The molecule has 0 unspecified atom stereocenters. The fraction of sp³-hybridized carbons (Fsp3) is 0.429. The van der Waals surface area contributed by atoms with Crippen LogP contribution < -0.4 is 5.56 Å². The number of benzene rings is 2. The van der Waals surface area contributed by atoms with E-state index in [1.165, 1.54) is 24.0 Å². The number of aryl methyl sites for hydroxylation is 2. The molecule has 182 valence electrons. The predicted octanol–water partition coefficient (Wildman–Crippen LogP) is 5.08. The Morgan fingerprint density at radius 3 is 2.63 bits per heavy atom. The van der Waals surface area contributed by atoms with Crippen LogP contribution in [0.25, 0.3) is 10.9 Å². The van der Waals surface area contributed by atoms with Crippen molar-refractivity contribution < 1.29 is 0 Å². The highest BCUT2D eigenvalue weighted by Gasteiger charge is 2.32. The van der Waals surface area contributed by atoms with Crippen LogP contribution in [0.3, 0.4) is 0 Å². The molecule has 4 aromatic rings. The second-order valence-electron chi connectivity index (χ2n) is 9.88. The van der Waals surface area contributed by atoms with Gasteiger partial charge in [-0.2, -0.15) is 0 Å². The minimum Gasteiger partial charge on any atom is -0.321 e. The lowest BCUT2D eigenvalue weighted by molar-refractivity contribution is 0.112. The number of hydrogen-bond donors (Lipinski definition) is 1. The first kappa shape index (κ1) is 23.4. The Kier molecular flexibility index (Phi) is 6.77. The Labute approximate surface area is 206 Å². The first-order valence-corrected chi connectivity index (χ1v) is 12.7. The van der Waals surface area contributed by atoms with Gasteiger partial charge in [0.25, 0.3) is 5.56 Å². The zero-order valence-electron chi connectivity index (χ0n) is 20.9. The van der Waals surface area contributed by atoms with E-state index in [1.807, 2.05) is 22.9 Å². The van der Waals surface area contributed by atoms with Crippen LogP contribution in [0.2, 0.25) is 0 Å². The second-order valence-corrected chi connectivity index (χ2v) is 9.88. The summed E-state index contributed by atoms with van der Waals surface area (Å²) in [6, 6.07) is 17.1. The molecule has 7 nitrogen and oxygen atoms in total. The summed E-state index contributed by atoms with van der Waals surface area (Å²) in [5.41, 5.74) is 5.19. The third kappa shape index (κ3) is 4.91. The number of aromatic amines is 1. The summed E-state index contributed by atoms with van der Waals surface area (Å²) in [5, 5.41) is 14.0. The van der Waals surface area contributed by atoms with Crippen molar-refractivity contribution in [2.75, 3.05) is 0 Å². The van der Waals surface area contributed by atoms with Crippen LogP contribution in [0.4, 0.5) is 0 Å². The summed E-state index contributed by atoms with van der Waals surface area (Å²) in [4.78, 5) is 18.8. The fourth-order valence-electron chi connectivity index (χ4n) is 5.66. The van der Waals surface area contributed by atoms with Crippen LogP contribution in [0, 0.1) is 13.8 Å². The molecule has 0 spiro atoms. The van der Waals surface area contributed by atoms with Gasteiger partial charge in [0, 0.05) is 18.2 Å². The number of rotatable bonds is 8. The van der Waals surface area contributed by atoms with E-state index in [-0.39, 0.29) is 11.6 Å². The van der Waals surface area contributed by atoms with Crippen LogP contribution in [0.5, 0.6) is 0 Å². The van der Waals surface area contributed by atoms with Gasteiger partial charge >= 0.3 is 0 Å². The number of hydrogen-bond acceptors (Lipinski definition) is 5. The van der Waals surface area contributed by atoms with E-state index in [0.717, 1.165) is 47.1 Å². The zero-order chi connectivity index (χ0) is 24.4. The molecule has 1 atom stereocenters. The fourth-order valence-corrected chi connectivity index (χ4v) is 5.66. The average molecular weight is 471 g/mol. The maximum absolute atomic E-state index is 13.2. The number of H-pyrrole nitrogens is 1. The molecular formula is C28H34N6O. The molecule has 1 N–H and O–H groups in total. The van der Waals surface area contributed by atoms with Crippen molar-refractivity contribution in [1.82, 2.24) is 30.1 Å². The highest BCUT2D eigenvalue weighted by molar-refractivity contribution is 5.82. The SMILES string of the molecule is CC[C@@H](c1nnnn1Cc1ccccc1)N(Cc1cc2cc(C)cc(C)c2[nH]c1=O)C1CCCC1. The van der Waals surface area contributed by atoms with Crippen LogP contribution >= 0.6 is 0 Å². The number of nitrogens with zero attached hydrogens (tertiary/aromatic N) is 5. The zero-order valence-corrected chi connectivity index (χ0v) is 20.9. The summed E-state index contributed by atoms with van der Waals surface area (Å²) in [5.74, 6) is 0.868. The standard InChI is InChI=1S/C28H34N6O/c1-4-25(27-30-31-32-34(27)17-21-10-6-5-7-11-21)33(24-12-8-9-13-24)18-23-16-22-15-19(2)14-20(3)26(22)29-28(23)35/h5-7,10-11,14-16,24-25H,4,8-9,12-13,17-18H2,1-3H3,(H,29,35)/t25-/m0/s1. The topological polar surface area (TPSA) is 79.7 Å². The molecular weight excluding hydrogens is 436 g/mol. The van der Waals surface area contributed by atoms with Gasteiger partial charge in [0.1, 0.15) is 0 Å². The van der Waals surface area contributed by atoms with Crippen molar-refractivity contribution >= 4 is 10.9 Å². The third-order valence-corrected chi connectivity index (χ3v) is 7.34. The summed E-state index contributed by atoms with van der Waals surface area (Å²) in [6.45, 7) is 7.55. The molecule has 5 rings (SSSR count). The van der Waals surface area contributed by atoms with Crippen molar-refractivity contribution in [2.24, 2.45) is 0 Å². The van der Waals surface area contributed by atoms with Gasteiger partial charge in [0.2, 0.25) is 0 Å². The summed E-state index contributed by atoms with van der Waals surface area (Å²) in [6.07, 6.45) is 5.59. The summed E-state index contributed by atoms with van der Waals surface area (Å²) in [7, 11) is 0. The molecule has 1 saturated carbocycles. The van der Waals surface area contributed by atoms with E-state index in [1.54, 1.807) is 0 Å². The molecule has 35 heavy (non-hydrogen) atoms. The molecule has 2 heterocycles. The van der Waals surface area contributed by atoms with E-state index < -0.39 is 0 Å². The molecule has 0 saturated heterocycles. The lowest BCUT2D eigenvalue weighted by Gasteiger charge is -2.35. The number of tetrazole rings is 1. The van der Waals surface area contributed by atoms with Crippen LogP contribution in [-0.4, -0.2) is 36.1 Å². The molecule has 1 aliphatic carbocycles. The van der Waals surface area contributed by atoms with Gasteiger partial charge < -0.3 is 4.98 Å². The Bertz CT molecular complexity index is 1350. The molecule has 1 fully saturated rings. The Morgan fingerprint density at radius 2 is 1.89 bits per heavy atom. The van der Waals surface area contributed by atoms with E-state index >= 15 is 0 Å². The first-order chi connectivity index (χ1) is 17.0. The van der Waals surface area contributed by atoms with E-state index in [9.17, 15) is 4.79 Å². The number of nitrogens with one attached hydrogen (secondary N) is 1. The molecule has 0 radical (unpaired) electrons. The van der Waals surface area contributed by atoms with Crippen molar-refractivity contribution in [2.45, 2.75) is 78.0 Å². The van der Waals surface area contributed by atoms with Gasteiger partial charge in [-0.05, 0) is 72.2 Å². The molecule has 0 bridgehead atoms. The van der Waals surface area contributed by atoms with Gasteiger partial charge in [0.05, 0.1) is 18.1 Å². The Hall–Kier alpha value is -3.32. The maximum atomic E-state index is 13.2. The molecule has 0 amide bonds. The lowest BCUT2D eigenvalue weighted by atomic mass is 10.0. The van der Waals surface area contributed by atoms with E-state index in [4.69, 9.17) is 0 Å². The second kappa shape index (κ2) is 10.1. The van der Waals surface area contributed by atoms with Crippen molar-refractivity contribution in [3.63, 3.8) is 0 Å². The van der Waals surface area contributed by atoms with Gasteiger partial charge in [0.15, 0.2) is 5.82 Å². The summed E-state index contributed by atoms with van der Waals surface area (Å²) < 4.78 is 1.92. The van der Waals surface area contributed by atoms with Crippen LogP contribution in [0.1, 0.15) is 73.1 Å². The first-order valence-electron chi connectivity index (χ1n) is 12.7. The third-order valence-electron chi connectivity index (χ3n) is 7.34. The Morgan fingerprint density at radius 1 is 1.11 bits per heavy atom. The van der Waals surface area contributed by atoms with E-state index in [0.29, 0.717) is 19.1 Å². The number of fused-ring (bicyclic) bond motifs is 1. The Balaban J connectivity index is 1.51. The van der Waals surface area contributed by atoms with Gasteiger partial charge in [-0.1, -0.05) is 61.7 Å². The smallest absolute Gasteiger partial charge is 0.252 e. The van der Waals surface area contributed by atoms with E-state index in [2.05, 4.69) is 76.5 Å². The number of aromatic nitrogens is 5. The van der Waals surface area contributed by atoms with Gasteiger partial charge in [-0.25, -0.2) is 4.68 Å². The minimum absolute atomic E-state index is 0.00817. The van der Waals surface area contributed by atoms with Crippen LogP contribution in [0.15, 0.2) is 53.3 Å². The monoisotopic (exact) mass is 470 g/mol. The van der Waals surface area contributed by atoms with Crippen LogP contribution in [-0.2, 0) is 13.1 Å². The largest absolute Gasteiger partial charge is 0.321 e. The molecule has 1 aliphatic rings. The highest BCUT2D eigenvalue weighted by Crippen LogP contribution is 2.34. The average Bonchev–Trinajstić information content (AvgIpc) is 3.53. The highest BCUT2D eigenvalue weighted by atomic mass is 16.1. The van der Waals surface area contributed by atoms with Crippen molar-refractivity contribution in [1.29, 1.82) is 0 Å². The molecule has 2 aromatic heterocycles. The lowest BCUT2D eigenvalue weighted by Crippen LogP contribution is -2.39. The molecule has 2 aromatic carbocycles. The normalized spacial score (nSPS) is 15.3. The van der Waals surface area contributed by atoms with Crippen molar-refractivity contribution in [3.05, 3.63) is 87.0 Å². The predicted molar refractivity (Wildman–Crippen MR) is 138 cm³/mol. The molecule has 0 aliphatic heterocycles. The quantitative estimate of drug-likeness (QED) is 0.389. The van der Waals surface area contributed by atoms with Crippen molar-refractivity contribution in [3.8, 4) is 0 Å². The van der Waals surface area contributed by atoms with Gasteiger partial charge in [-0.3, -0.25) is 9.69 Å². The minimum atomic E-state index is -0.00817. The molecule has 7 heteroatoms.